The number of anilines is 2. The number of rotatable bonds is 10. The van der Waals surface area contributed by atoms with Gasteiger partial charge in [0.2, 0.25) is 17.7 Å². The van der Waals surface area contributed by atoms with E-state index >= 15 is 0 Å². The van der Waals surface area contributed by atoms with Crippen molar-refractivity contribution in [2.24, 2.45) is 5.73 Å². The zero-order chi connectivity index (χ0) is 31.1. The van der Waals surface area contributed by atoms with Gasteiger partial charge in [-0.15, -0.1) is 0 Å². The molecule has 8 nitrogen and oxygen atoms in total. The quantitative estimate of drug-likeness (QED) is 0.129. The van der Waals surface area contributed by atoms with Crippen LogP contribution in [0.5, 0.6) is 0 Å². The molecule has 0 aliphatic heterocycles. The maximum atomic E-state index is 13.5. The predicted octanol–water partition coefficient (Wildman–Crippen LogP) is 6.42. The van der Waals surface area contributed by atoms with Crippen molar-refractivity contribution in [2.45, 2.75) is 13.3 Å². The Balaban J connectivity index is 1.30. The van der Waals surface area contributed by atoms with Gasteiger partial charge < -0.3 is 20.8 Å². The molecule has 0 fully saturated rings. The summed E-state index contributed by atoms with van der Waals surface area (Å²) in [6.45, 7) is 1.98. The van der Waals surface area contributed by atoms with Crippen LogP contribution in [0.15, 0.2) is 120 Å². The first-order valence-electron chi connectivity index (χ1n) is 13.8. The highest BCUT2D eigenvalue weighted by Gasteiger charge is 2.17. The molecule has 44 heavy (non-hydrogen) atoms. The van der Waals surface area contributed by atoms with E-state index in [1.54, 1.807) is 78.9 Å². The lowest BCUT2D eigenvalue weighted by Gasteiger charge is -2.13. The van der Waals surface area contributed by atoms with Crippen molar-refractivity contribution >= 4 is 41.0 Å². The zero-order valence-corrected chi connectivity index (χ0v) is 23.9. The first-order chi connectivity index (χ1) is 21.2. The molecule has 3 amide bonds. The molecule has 0 saturated carbocycles. The maximum Gasteiger partial charge on any atom is 0.248 e. The molecule has 8 heteroatoms. The van der Waals surface area contributed by atoms with Gasteiger partial charge in [-0.25, -0.2) is 0 Å². The molecule has 5 rings (SSSR count). The molecule has 0 atom stereocenters. The molecule has 1 aromatic heterocycles. The molecule has 0 saturated heterocycles. The van der Waals surface area contributed by atoms with Gasteiger partial charge in [0, 0.05) is 34.0 Å². The molecule has 4 N–H and O–H groups in total. The van der Waals surface area contributed by atoms with Crippen LogP contribution >= 0.6 is 0 Å². The Morgan fingerprint density at radius 1 is 0.773 bits per heavy atom. The van der Waals surface area contributed by atoms with Crippen molar-refractivity contribution in [2.75, 3.05) is 10.6 Å². The zero-order valence-electron chi connectivity index (χ0n) is 23.9. The van der Waals surface area contributed by atoms with Crippen molar-refractivity contribution in [3.63, 3.8) is 0 Å². The third-order valence-corrected chi connectivity index (χ3v) is 6.81. The summed E-state index contributed by atoms with van der Waals surface area (Å²) in [6.07, 6.45) is 2.98. The smallest absolute Gasteiger partial charge is 0.248 e. The van der Waals surface area contributed by atoms with Crippen LogP contribution in [0.2, 0.25) is 0 Å². The average molecular weight is 584 g/mol. The van der Waals surface area contributed by atoms with E-state index in [0.29, 0.717) is 34.0 Å². The van der Waals surface area contributed by atoms with E-state index in [1.165, 1.54) is 12.2 Å². The SMILES string of the molecule is Cc1ccc(CC(=O)Nc2ccc(NC(=O)/C=C/c3ccc(-c4ccc(C(N)=O)cc4)o3)cc2C(=O)c2ccccc2)cc1. The van der Waals surface area contributed by atoms with Gasteiger partial charge >= 0.3 is 0 Å². The largest absolute Gasteiger partial charge is 0.457 e. The second kappa shape index (κ2) is 13.3. The van der Waals surface area contributed by atoms with Gasteiger partial charge in [0.15, 0.2) is 5.78 Å². The molecule has 0 bridgehead atoms. The van der Waals surface area contributed by atoms with E-state index in [2.05, 4.69) is 10.6 Å². The van der Waals surface area contributed by atoms with Gasteiger partial charge in [0.25, 0.3) is 0 Å². The molecule has 218 valence electrons. The lowest BCUT2D eigenvalue weighted by atomic mass is 10.0. The Kier molecular flexibility index (Phi) is 8.91. The van der Waals surface area contributed by atoms with Gasteiger partial charge in [-0.05, 0) is 61.0 Å². The Morgan fingerprint density at radius 2 is 1.50 bits per heavy atom. The number of nitrogens with one attached hydrogen (secondary N) is 2. The molecule has 4 aromatic carbocycles. The molecular weight excluding hydrogens is 554 g/mol. The van der Waals surface area contributed by atoms with Crippen molar-refractivity contribution in [1.82, 2.24) is 0 Å². The minimum atomic E-state index is -0.514. The summed E-state index contributed by atoms with van der Waals surface area (Å²) in [4.78, 5) is 50.4. The minimum Gasteiger partial charge on any atom is -0.457 e. The van der Waals surface area contributed by atoms with E-state index in [9.17, 15) is 19.2 Å². The molecule has 0 radical (unpaired) electrons. The Morgan fingerprint density at radius 3 is 2.20 bits per heavy atom. The molecule has 0 unspecified atom stereocenters. The van der Waals surface area contributed by atoms with Crippen LogP contribution in [0.25, 0.3) is 17.4 Å². The number of hydrogen-bond donors (Lipinski definition) is 3. The number of primary amides is 1. The normalized spacial score (nSPS) is 10.8. The van der Waals surface area contributed by atoms with E-state index in [0.717, 1.165) is 16.7 Å². The third-order valence-electron chi connectivity index (χ3n) is 6.81. The lowest BCUT2D eigenvalue weighted by molar-refractivity contribution is -0.115. The highest BCUT2D eigenvalue weighted by molar-refractivity contribution is 6.15. The van der Waals surface area contributed by atoms with Crippen LogP contribution in [0.1, 0.15) is 43.2 Å². The number of aryl methyl sites for hydroxylation is 1. The second-order valence-corrected chi connectivity index (χ2v) is 10.1. The highest BCUT2D eigenvalue weighted by atomic mass is 16.3. The number of ketones is 1. The van der Waals surface area contributed by atoms with Crippen LogP contribution in [0.3, 0.4) is 0 Å². The highest BCUT2D eigenvalue weighted by Crippen LogP contribution is 2.26. The number of carbonyl (C=O) groups is 4. The monoisotopic (exact) mass is 583 g/mol. The summed E-state index contributed by atoms with van der Waals surface area (Å²) in [6, 6.07) is 31.3. The van der Waals surface area contributed by atoms with Gasteiger partial charge in [-0.2, -0.15) is 0 Å². The summed E-state index contributed by atoms with van der Waals surface area (Å²) < 4.78 is 5.80. The van der Waals surface area contributed by atoms with Gasteiger partial charge in [-0.3, -0.25) is 19.2 Å². The Labute approximate surface area is 254 Å². The third kappa shape index (κ3) is 7.43. The first-order valence-corrected chi connectivity index (χ1v) is 13.8. The van der Waals surface area contributed by atoms with Crippen molar-refractivity contribution < 1.29 is 23.6 Å². The fraction of sp³-hybridized carbons (Fsp3) is 0.0556. The number of hydrogen-bond acceptors (Lipinski definition) is 5. The fourth-order valence-corrected chi connectivity index (χ4v) is 4.49. The molecule has 0 aliphatic rings. The van der Waals surface area contributed by atoms with Crippen LogP contribution in [-0.2, 0) is 16.0 Å². The molecule has 5 aromatic rings. The summed E-state index contributed by atoms with van der Waals surface area (Å²) in [5.41, 5.74) is 9.80. The second-order valence-electron chi connectivity index (χ2n) is 10.1. The van der Waals surface area contributed by atoms with Crippen LogP contribution in [0.4, 0.5) is 11.4 Å². The van der Waals surface area contributed by atoms with E-state index in [-0.39, 0.29) is 23.7 Å². The maximum absolute atomic E-state index is 13.5. The molecule has 1 heterocycles. The standard InChI is InChI=1S/C36H29N3O5/c1-23-7-9-24(10-8-23)21-34(41)39-31-18-15-28(22-30(31)35(42)26-5-3-2-4-6-26)38-33(40)20-17-29-16-19-32(44-29)25-11-13-27(14-12-25)36(37)43/h2-20,22H,21H2,1H3,(H2,37,43)(H,38,40)(H,39,41)/b20-17+. The van der Waals surface area contributed by atoms with Crippen LogP contribution in [-0.4, -0.2) is 23.5 Å². The summed E-state index contributed by atoms with van der Waals surface area (Å²) in [5, 5.41) is 5.62. The van der Waals surface area contributed by atoms with E-state index < -0.39 is 11.8 Å². The molecule has 0 aliphatic carbocycles. The topological polar surface area (TPSA) is 132 Å². The Hall–Kier alpha value is -6.02. The summed E-state index contributed by atoms with van der Waals surface area (Å²) in [5.74, 6) is -0.513. The van der Waals surface area contributed by atoms with Crippen molar-refractivity contribution in [3.05, 3.63) is 149 Å². The number of furan rings is 1. The number of carbonyl (C=O) groups excluding carboxylic acids is 4. The predicted molar refractivity (Wildman–Crippen MR) is 170 cm³/mol. The molecular formula is C36H29N3O5. The van der Waals surface area contributed by atoms with Gasteiger partial charge in [0.1, 0.15) is 11.5 Å². The number of benzene rings is 4. The van der Waals surface area contributed by atoms with Gasteiger partial charge in [0.05, 0.1) is 12.1 Å². The van der Waals surface area contributed by atoms with Crippen molar-refractivity contribution in [1.29, 1.82) is 0 Å². The first kappa shape index (κ1) is 29.5. The number of nitrogens with two attached hydrogens (primary N) is 1. The lowest BCUT2D eigenvalue weighted by Crippen LogP contribution is -2.18. The van der Waals surface area contributed by atoms with E-state index in [4.69, 9.17) is 10.2 Å². The fourth-order valence-electron chi connectivity index (χ4n) is 4.49. The Bertz CT molecular complexity index is 1850. The number of amides is 3. The van der Waals surface area contributed by atoms with Crippen LogP contribution in [0, 0.1) is 6.92 Å². The van der Waals surface area contributed by atoms with Crippen molar-refractivity contribution in [3.8, 4) is 11.3 Å². The minimum absolute atomic E-state index is 0.149. The molecule has 0 spiro atoms. The van der Waals surface area contributed by atoms with Gasteiger partial charge in [-0.1, -0.05) is 72.3 Å². The summed E-state index contributed by atoms with van der Waals surface area (Å²) >= 11 is 0. The summed E-state index contributed by atoms with van der Waals surface area (Å²) in [7, 11) is 0. The van der Waals surface area contributed by atoms with Crippen LogP contribution < -0.4 is 16.4 Å². The van der Waals surface area contributed by atoms with E-state index in [1.807, 2.05) is 37.3 Å². The average Bonchev–Trinajstić information content (AvgIpc) is 3.51.